The van der Waals surface area contributed by atoms with Gasteiger partial charge in [-0.25, -0.2) is 0 Å². The number of amides is 1. The van der Waals surface area contributed by atoms with Crippen LogP contribution in [-0.4, -0.2) is 70.1 Å². The molecule has 0 spiro atoms. The Morgan fingerprint density at radius 1 is 1.03 bits per heavy atom. The Bertz CT molecular complexity index is 834. The molecule has 2 N–H and O–H groups in total. The van der Waals surface area contributed by atoms with E-state index in [1.54, 1.807) is 14.2 Å². The van der Waals surface area contributed by atoms with Crippen LogP contribution in [0.25, 0.3) is 0 Å². The summed E-state index contributed by atoms with van der Waals surface area (Å²) < 4.78 is 5.21. The number of benzene rings is 2. The van der Waals surface area contributed by atoms with Gasteiger partial charge in [-0.1, -0.05) is 24.3 Å². The summed E-state index contributed by atoms with van der Waals surface area (Å²) in [5.74, 6) is 1.57. The quantitative estimate of drug-likeness (QED) is 0.489. The van der Waals surface area contributed by atoms with E-state index >= 15 is 0 Å². The number of aliphatic imine (C=N–C) groups is 1. The normalized spacial score (nSPS) is 11.3. The summed E-state index contributed by atoms with van der Waals surface area (Å²) in [6.45, 7) is 2.73. The number of carbonyl (C=O) groups is 1. The van der Waals surface area contributed by atoms with Gasteiger partial charge in [0.25, 0.3) is 5.91 Å². The van der Waals surface area contributed by atoms with Crippen LogP contribution in [0.1, 0.15) is 21.5 Å². The summed E-state index contributed by atoms with van der Waals surface area (Å²) in [6.07, 6.45) is 0. The molecule has 0 heterocycles. The second-order valence-electron chi connectivity index (χ2n) is 7.36. The highest BCUT2D eigenvalue weighted by Gasteiger charge is 2.09. The zero-order chi connectivity index (χ0) is 21.9. The summed E-state index contributed by atoms with van der Waals surface area (Å²) in [7, 11) is 9.39. The van der Waals surface area contributed by atoms with E-state index < -0.39 is 0 Å². The third-order valence-corrected chi connectivity index (χ3v) is 4.64. The molecule has 0 saturated heterocycles. The SMILES string of the molecule is CN=C(NCc1cccc(C(=O)NCCN(C)C)c1)N(C)Cc1ccc(OC)cc1. The lowest BCUT2D eigenvalue weighted by Crippen LogP contribution is -2.38. The zero-order valence-electron chi connectivity index (χ0n) is 18.6. The van der Waals surface area contributed by atoms with Crippen molar-refractivity contribution in [1.29, 1.82) is 0 Å². The monoisotopic (exact) mass is 411 g/mol. The van der Waals surface area contributed by atoms with E-state index in [1.807, 2.05) is 74.6 Å². The second-order valence-corrected chi connectivity index (χ2v) is 7.36. The molecular formula is C23H33N5O2. The minimum atomic E-state index is -0.0558. The molecule has 7 nitrogen and oxygen atoms in total. The molecule has 0 aromatic heterocycles. The fourth-order valence-corrected chi connectivity index (χ4v) is 2.96. The summed E-state index contributed by atoms with van der Waals surface area (Å²) in [6, 6.07) is 15.6. The van der Waals surface area contributed by atoms with Crippen molar-refractivity contribution in [3.63, 3.8) is 0 Å². The van der Waals surface area contributed by atoms with Gasteiger partial charge >= 0.3 is 0 Å². The summed E-state index contributed by atoms with van der Waals surface area (Å²) in [5.41, 5.74) is 2.85. The van der Waals surface area contributed by atoms with Crippen LogP contribution < -0.4 is 15.4 Å². The highest BCUT2D eigenvalue weighted by atomic mass is 16.5. The molecule has 0 fully saturated rings. The van der Waals surface area contributed by atoms with Crippen LogP contribution in [0.2, 0.25) is 0 Å². The van der Waals surface area contributed by atoms with E-state index in [9.17, 15) is 4.79 Å². The number of hydrogen-bond acceptors (Lipinski definition) is 4. The molecule has 162 valence electrons. The molecule has 30 heavy (non-hydrogen) atoms. The van der Waals surface area contributed by atoms with Crippen molar-refractivity contribution in [3.05, 3.63) is 65.2 Å². The number of rotatable bonds is 9. The second kappa shape index (κ2) is 11.8. The molecule has 2 aromatic rings. The molecule has 7 heteroatoms. The Kier molecular flexibility index (Phi) is 9.15. The fraction of sp³-hybridized carbons (Fsp3) is 0.391. The average Bonchev–Trinajstić information content (AvgIpc) is 2.74. The Hall–Kier alpha value is -3.06. The van der Waals surface area contributed by atoms with E-state index in [0.717, 1.165) is 35.9 Å². The molecule has 0 saturated carbocycles. The molecule has 1 amide bonds. The lowest BCUT2D eigenvalue weighted by atomic mass is 10.1. The molecule has 2 rings (SSSR count). The van der Waals surface area contributed by atoms with Crippen molar-refractivity contribution >= 4 is 11.9 Å². The number of hydrogen-bond donors (Lipinski definition) is 2. The van der Waals surface area contributed by atoms with E-state index in [2.05, 4.69) is 20.5 Å². The molecule has 0 atom stereocenters. The van der Waals surface area contributed by atoms with E-state index in [0.29, 0.717) is 18.7 Å². The van der Waals surface area contributed by atoms with Crippen LogP contribution in [0.4, 0.5) is 0 Å². The fourth-order valence-electron chi connectivity index (χ4n) is 2.96. The lowest BCUT2D eigenvalue weighted by molar-refractivity contribution is 0.0951. The zero-order valence-corrected chi connectivity index (χ0v) is 18.6. The number of guanidine groups is 1. The topological polar surface area (TPSA) is 69.2 Å². The number of ether oxygens (including phenoxy) is 1. The van der Waals surface area contributed by atoms with Crippen molar-refractivity contribution in [2.75, 3.05) is 48.4 Å². The number of likely N-dealkylation sites (N-methyl/N-ethyl adjacent to an activating group) is 1. The Balaban J connectivity index is 1.91. The van der Waals surface area contributed by atoms with Gasteiger partial charge in [0.05, 0.1) is 7.11 Å². The maximum Gasteiger partial charge on any atom is 0.251 e. The Morgan fingerprint density at radius 2 is 1.77 bits per heavy atom. The predicted octanol–water partition coefficient (Wildman–Crippen LogP) is 2.19. The molecule has 0 aliphatic rings. The third kappa shape index (κ3) is 7.40. The standard InChI is InChI=1S/C23H33N5O2/c1-24-23(28(4)17-18-9-11-21(30-5)12-10-18)26-16-19-7-6-8-20(15-19)22(29)25-13-14-27(2)3/h6-12,15H,13-14,16-17H2,1-5H3,(H,24,26)(H,25,29). The Morgan fingerprint density at radius 3 is 2.40 bits per heavy atom. The number of nitrogens with one attached hydrogen (secondary N) is 2. The minimum absolute atomic E-state index is 0.0558. The van der Waals surface area contributed by atoms with Gasteiger partial charge in [-0.15, -0.1) is 0 Å². The van der Waals surface area contributed by atoms with Crippen LogP contribution in [0, 0.1) is 0 Å². The first-order valence-corrected chi connectivity index (χ1v) is 9.99. The van der Waals surface area contributed by atoms with Gasteiger partial charge in [0.15, 0.2) is 5.96 Å². The molecule has 2 aromatic carbocycles. The van der Waals surface area contributed by atoms with Gasteiger partial charge in [0, 0.05) is 45.8 Å². The molecular weight excluding hydrogens is 378 g/mol. The third-order valence-electron chi connectivity index (χ3n) is 4.64. The summed E-state index contributed by atoms with van der Waals surface area (Å²) >= 11 is 0. The van der Waals surface area contributed by atoms with Crippen LogP contribution in [0.15, 0.2) is 53.5 Å². The van der Waals surface area contributed by atoms with Crippen LogP contribution >= 0.6 is 0 Å². The average molecular weight is 412 g/mol. The number of carbonyl (C=O) groups excluding carboxylic acids is 1. The first-order chi connectivity index (χ1) is 14.4. The summed E-state index contributed by atoms with van der Waals surface area (Å²) in [4.78, 5) is 20.8. The van der Waals surface area contributed by atoms with Gasteiger partial charge in [-0.2, -0.15) is 0 Å². The maximum atomic E-state index is 12.3. The summed E-state index contributed by atoms with van der Waals surface area (Å²) in [5, 5.41) is 6.31. The Labute approximate surface area is 179 Å². The van der Waals surface area contributed by atoms with Crippen LogP contribution in [0.5, 0.6) is 5.75 Å². The minimum Gasteiger partial charge on any atom is -0.497 e. The largest absolute Gasteiger partial charge is 0.497 e. The van der Waals surface area contributed by atoms with Gasteiger partial charge < -0.3 is 25.2 Å². The van der Waals surface area contributed by atoms with E-state index in [1.165, 1.54) is 0 Å². The first-order valence-electron chi connectivity index (χ1n) is 9.99. The molecule has 0 unspecified atom stereocenters. The van der Waals surface area contributed by atoms with Gasteiger partial charge in [-0.05, 0) is 49.5 Å². The van der Waals surface area contributed by atoms with Crippen molar-refractivity contribution in [2.24, 2.45) is 4.99 Å². The number of nitrogens with zero attached hydrogens (tertiary/aromatic N) is 3. The van der Waals surface area contributed by atoms with Crippen LogP contribution in [-0.2, 0) is 13.1 Å². The molecule has 0 radical (unpaired) electrons. The van der Waals surface area contributed by atoms with Crippen LogP contribution in [0.3, 0.4) is 0 Å². The van der Waals surface area contributed by atoms with E-state index in [4.69, 9.17) is 4.74 Å². The van der Waals surface area contributed by atoms with Gasteiger partial charge in [0.2, 0.25) is 0 Å². The predicted molar refractivity (Wildman–Crippen MR) is 122 cm³/mol. The highest BCUT2D eigenvalue weighted by molar-refractivity contribution is 5.94. The smallest absolute Gasteiger partial charge is 0.251 e. The van der Waals surface area contributed by atoms with E-state index in [-0.39, 0.29) is 5.91 Å². The first kappa shape index (κ1) is 23.2. The lowest BCUT2D eigenvalue weighted by Gasteiger charge is -2.22. The number of methoxy groups -OCH3 is 1. The molecule has 0 aliphatic carbocycles. The van der Waals surface area contributed by atoms with Crippen molar-refractivity contribution in [1.82, 2.24) is 20.4 Å². The van der Waals surface area contributed by atoms with Crippen molar-refractivity contribution in [3.8, 4) is 5.75 Å². The highest BCUT2D eigenvalue weighted by Crippen LogP contribution is 2.13. The maximum absolute atomic E-state index is 12.3. The van der Waals surface area contributed by atoms with Crippen molar-refractivity contribution in [2.45, 2.75) is 13.1 Å². The van der Waals surface area contributed by atoms with Gasteiger partial charge in [0.1, 0.15) is 5.75 Å². The molecule has 0 aliphatic heterocycles. The van der Waals surface area contributed by atoms with Crippen molar-refractivity contribution < 1.29 is 9.53 Å². The molecule has 0 bridgehead atoms. The van der Waals surface area contributed by atoms with Gasteiger partial charge in [-0.3, -0.25) is 9.79 Å².